The van der Waals surface area contributed by atoms with Crippen molar-refractivity contribution in [2.45, 2.75) is 20.3 Å². The molecule has 1 aliphatic heterocycles. The summed E-state index contributed by atoms with van der Waals surface area (Å²) in [4.78, 5) is 16.8. The van der Waals surface area contributed by atoms with Crippen LogP contribution in [0.5, 0.6) is 0 Å². The molecule has 1 aliphatic rings. The van der Waals surface area contributed by atoms with E-state index in [1.807, 2.05) is 19.9 Å². The Labute approximate surface area is 143 Å². The van der Waals surface area contributed by atoms with Crippen LogP contribution in [0.4, 0.5) is 5.13 Å². The molecular weight excluding hydrogens is 322 g/mol. The molecule has 1 amide bonds. The third-order valence-electron chi connectivity index (χ3n) is 4.47. The first-order valence-electron chi connectivity index (χ1n) is 8.06. The number of carbonyl (C=O) groups excluding carboxylic acids is 1. The molecule has 0 unspecified atom stereocenters. The van der Waals surface area contributed by atoms with Gasteiger partial charge in [0.1, 0.15) is 0 Å². The van der Waals surface area contributed by atoms with Crippen LogP contribution >= 0.6 is 11.3 Å². The maximum Gasteiger partial charge on any atom is 0.230 e. The highest BCUT2D eigenvalue weighted by molar-refractivity contribution is 7.22. The lowest BCUT2D eigenvalue weighted by molar-refractivity contribution is -0.119. The van der Waals surface area contributed by atoms with Crippen LogP contribution in [0.2, 0.25) is 0 Å². The number of carbonyl (C=O) groups is 1. The van der Waals surface area contributed by atoms with E-state index < -0.39 is 0 Å². The fourth-order valence-electron chi connectivity index (χ4n) is 3.20. The Morgan fingerprint density at radius 2 is 2.25 bits per heavy atom. The number of fused-ring (bicyclic) bond motifs is 1. The normalized spacial score (nSPS) is 17.5. The van der Waals surface area contributed by atoms with Gasteiger partial charge in [-0.3, -0.25) is 9.89 Å². The van der Waals surface area contributed by atoms with Gasteiger partial charge in [0.2, 0.25) is 5.91 Å². The number of thiazole rings is 1. The summed E-state index contributed by atoms with van der Waals surface area (Å²) in [7, 11) is 0. The molecule has 3 aromatic rings. The Morgan fingerprint density at radius 1 is 1.38 bits per heavy atom. The first kappa shape index (κ1) is 15.3. The minimum Gasteiger partial charge on any atom is -0.316 e. The maximum atomic E-state index is 12.2. The SMILES string of the molecule is Cc1n[nH]c(C)c1-c1ccc2nc(NC(=O)[C@H]3CCNC3)sc2c1. The Morgan fingerprint density at radius 3 is 2.96 bits per heavy atom. The van der Waals surface area contributed by atoms with Crippen LogP contribution in [0.1, 0.15) is 17.8 Å². The minimum absolute atomic E-state index is 0.0452. The van der Waals surface area contributed by atoms with Gasteiger partial charge in [-0.25, -0.2) is 4.98 Å². The molecule has 0 bridgehead atoms. The quantitative estimate of drug-likeness (QED) is 0.684. The summed E-state index contributed by atoms with van der Waals surface area (Å²) in [6.07, 6.45) is 0.889. The van der Waals surface area contributed by atoms with Crippen molar-refractivity contribution in [2.24, 2.45) is 5.92 Å². The number of aromatic amines is 1. The maximum absolute atomic E-state index is 12.2. The number of anilines is 1. The van der Waals surface area contributed by atoms with Crippen molar-refractivity contribution in [1.29, 1.82) is 0 Å². The van der Waals surface area contributed by atoms with Crippen LogP contribution in [-0.4, -0.2) is 34.2 Å². The molecule has 7 heteroatoms. The van der Waals surface area contributed by atoms with Crippen LogP contribution in [0.15, 0.2) is 18.2 Å². The van der Waals surface area contributed by atoms with E-state index in [2.05, 4.69) is 37.9 Å². The van der Waals surface area contributed by atoms with Gasteiger partial charge in [-0.2, -0.15) is 5.10 Å². The third kappa shape index (κ3) is 2.70. The second kappa shape index (κ2) is 5.99. The molecule has 1 atom stereocenters. The van der Waals surface area contributed by atoms with Crippen LogP contribution in [0.25, 0.3) is 21.3 Å². The monoisotopic (exact) mass is 341 g/mol. The standard InChI is InChI=1S/C17H19N5OS/c1-9-15(10(2)22-21-9)11-3-4-13-14(7-11)24-17(19-13)20-16(23)12-5-6-18-8-12/h3-4,7,12,18H,5-6,8H2,1-2H3,(H,21,22)(H,19,20,23)/t12-/m0/s1. The number of rotatable bonds is 3. The predicted octanol–water partition coefficient (Wildman–Crippen LogP) is 2.85. The highest BCUT2D eigenvalue weighted by Gasteiger charge is 2.23. The number of H-pyrrole nitrogens is 1. The average molecular weight is 341 g/mol. The highest BCUT2D eigenvalue weighted by Crippen LogP contribution is 2.32. The molecule has 0 radical (unpaired) electrons. The summed E-state index contributed by atoms with van der Waals surface area (Å²) in [5.74, 6) is 0.101. The van der Waals surface area contributed by atoms with Gasteiger partial charge in [0.05, 0.1) is 21.8 Å². The molecular formula is C17H19N5OS. The van der Waals surface area contributed by atoms with Crippen LogP contribution in [-0.2, 0) is 4.79 Å². The van der Waals surface area contributed by atoms with Crippen molar-refractivity contribution in [3.63, 3.8) is 0 Å². The molecule has 24 heavy (non-hydrogen) atoms. The lowest BCUT2D eigenvalue weighted by Gasteiger charge is -2.06. The van der Waals surface area contributed by atoms with Crippen LogP contribution in [0.3, 0.4) is 0 Å². The van der Waals surface area contributed by atoms with Crippen molar-refractivity contribution in [3.8, 4) is 11.1 Å². The number of nitrogens with zero attached hydrogens (tertiary/aromatic N) is 2. The fourth-order valence-corrected chi connectivity index (χ4v) is 4.10. The van der Waals surface area contributed by atoms with Crippen molar-refractivity contribution < 1.29 is 4.79 Å². The third-order valence-corrected chi connectivity index (χ3v) is 5.40. The van der Waals surface area contributed by atoms with Gasteiger partial charge >= 0.3 is 0 Å². The molecule has 4 rings (SSSR count). The number of hydrogen-bond donors (Lipinski definition) is 3. The molecule has 0 aliphatic carbocycles. The Kier molecular flexibility index (Phi) is 3.82. The summed E-state index contributed by atoms with van der Waals surface area (Å²) < 4.78 is 1.06. The van der Waals surface area contributed by atoms with Crippen molar-refractivity contribution >= 4 is 32.6 Å². The summed E-state index contributed by atoms with van der Waals surface area (Å²) in [6.45, 7) is 5.68. The van der Waals surface area contributed by atoms with Crippen LogP contribution in [0, 0.1) is 19.8 Å². The molecule has 6 nitrogen and oxygen atoms in total. The van der Waals surface area contributed by atoms with E-state index in [0.717, 1.165) is 52.2 Å². The Balaban J connectivity index is 1.63. The van der Waals surface area contributed by atoms with Crippen molar-refractivity contribution in [3.05, 3.63) is 29.6 Å². The molecule has 1 aromatic carbocycles. The second-order valence-corrected chi connectivity index (χ2v) is 7.22. The zero-order chi connectivity index (χ0) is 16.7. The first-order chi connectivity index (χ1) is 11.6. The second-order valence-electron chi connectivity index (χ2n) is 6.19. The molecule has 2 aromatic heterocycles. The topological polar surface area (TPSA) is 82.7 Å². The molecule has 1 saturated heterocycles. The molecule has 3 N–H and O–H groups in total. The highest BCUT2D eigenvalue weighted by atomic mass is 32.1. The summed E-state index contributed by atoms with van der Waals surface area (Å²) in [5.41, 5.74) is 5.19. The van der Waals surface area contributed by atoms with E-state index in [1.54, 1.807) is 0 Å². The van der Waals surface area contributed by atoms with Gasteiger partial charge in [-0.05, 0) is 44.5 Å². The van der Waals surface area contributed by atoms with E-state index in [-0.39, 0.29) is 11.8 Å². The van der Waals surface area contributed by atoms with Crippen molar-refractivity contribution in [1.82, 2.24) is 20.5 Å². The first-order valence-corrected chi connectivity index (χ1v) is 8.87. The van der Waals surface area contributed by atoms with Gasteiger partial charge in [-0.15, -0.1) is 0 Å². The molecule has 0 spiro atoms. The predicted molar refractivity (Wildman–Crippen MR) is 96.3 cm³/mol. The number of aryl methyl sites for hydroxylation is 2. The summed E-state index contributed by atoms with van der Waals surface area (Å²) in [6, 6.07) is 6.17. The lowest BCUT2D eigenvalue weighted by Crippen LogP contribution is -2.24. The number of hydrogen-bond acceptors (Lipinski definition) is 5. The number of nitrogens with one attached hydrogen (secondary N) is 3. The van der Waals surface area contributed by atoms with E-state index in [0.29, 0.717) is 5.13 Å². The molecule has 124 valence electrons. The average Bonchev–Trinajstić information content (AvgIpc) is 3.27. The van der Waals surface area contributed by atoms with Gasteiger partial charge in [0.15, 0.2) is 5.13 Å². The van der Waals surface area contributed by atoms with Crippen molar-refractivity contribution in [2.75, 3.05) is 18.4 Å². The largest absolute Gasteiger partial charge is 0.316 e. The van der Waals surface area contributed by atoms with Gasteiger partial charge in [0, 0.05) is 17.8 Å². The van der Waals surface area contributed by atoms with Gasteiger partial charge in [0.25, 0.3) is 0 Å². The van der Waals surface area contributed by atoms with E-state index in [9.17, 15) is 4.79 Å². The fraction of sp³-hybridized carbons (Fsp3) is 0.353. The summed E-state index contributed by atoms with van der Waals surface area (Å²) >= 11 is 1.51. The Hall–Kier alpha value is -2.25. The summed E-state index contributed by atoms with van der Waals surface area (Å²) in [5, 5.41) is 14.1. The number of aromatic nitrogens is 3. The van der Waals surface area contributed by atoms with E-state index in [4.69, 9.17) is 0 Å². The smallest absolute Gasteiger partial charge is 0.230 e. The number of amides is 1. The zero-order valence-electron chi connectivity index (χ0n) is 13.6. The van der Waals surface area contributed by atoms with Gasteiger partial charge in [-0.1, -0.05) is 17.4 Å². The van der Waals surface area contributed by atoms with E-state index >= 15 is 0 Å². The Bertz CT molecular complexity index is 887. The zero-order valence-corrected chi connectivity index (χ0v) is 14.5. The minimum atomic E-state index is 0.0452. The number of benzene rings is 1. The molecule has 0 saturated carbocycles. The molecule has 3 heterocycles. The van der Waals surface area contributed by atoms with E-state index in [1.165, 1.54) is 11.3 Å². The van der Waals surface area contributed by atoms with Gasteiger partial charge < -0.3 is 10.6 Å². The van der Waals surface area contributed by atoms with Crippen LogP contribution < -0.4 is 10.6 Å². The molecule has 1 fully saturated rings. The lowest BCUT2D eigenvalue weighted by atomic mass is 10.0.